The lowest BCUT2D eigenvalue weighted by molar-refractivity contribution is -0.145. The molecule has 1 fully saturated rings. The molecule has 0 spiro atoms. The number of amides is 2. The zero-order valence-corrected chi connectivity index (χ0v) is 12.0. The number of nitrogens with zero attached hydrogens (tertiary/aromatic N) is 2. The van der Waals surface area contributed by atoms with Gasteiger partial charge in [-0.15, -0.1) is 0 Å². The zero-order chi connectivity index (χ0) is 15.3. The Morgan fingerprint density at radius 1 is 1.29 bits per heavy atom. The van der Waals surface area contributed by atoms with Crippen LogP contribution < -0.4 is 10.6 Å². The molecule has 0 atom stereocenters. The molecule has 0 aliphatic heterocycles. The Balaban J connectivity index is 1.93. The van der Waals surface area contributed by atoms with Gasteiger partial charge in [-0.3, -0.25) is 0 Å². The van der Waals surface area contributed by atoms with Gasteiger partial charge in [0.15, 0.2) is 5.82 Å². The van der Waals surface area contributed by atoms with E-state index in [2.05, 4.69) is 20.8 Å². The van der Waals surface area contributed by atoms with Crippen LogP contribution in [0.5, 0.6) is 0 Å². The fourth-order valence-corrected chi connectivity index (χ4v) is 2.55. The third kappa shape index (κ3) is 3.93. The molecular weight excluding hydrogens is 276 g/mol. The molecule has 3 N–H and O–H groups in total. The van der Waals surface area contributed by atoms with Crippen LogP contribution in [0.2, 0.25) is 0 Å². The van der Waals surface area contributed by atoms with Crippen LogP contribution in [-0.2, 0) is 11.3 Å². The number of aromatic nitrogens is 2. The number of rotatable bonds is 4. The van der Waals surface area contributed by atoms with Crippen molar-refractivity contribution in [3.8, 4) is 0 Å². The van der Waals surface area contributed by atoms with Crippen molar-refractivity contribution in [2.45, 2.75) is 57.5 Å². The van der Waals surface area contributed by atoms with Gasteiger partial charge in [0.2, 0.25) is 5.89 Å². The highest BCUT2D eigenvalue weighted by atomic mass is 16.5. The molecule has 1 heterocycles. The third-order valence-electron chi connectivity index (χ3n) is 3.69. The number of carbonyl (C=O) groups is 2. The van der Waals surface area contributed by atoms with Crippen molar-refractivity contribution in [2.75, 3.05) is 0 Å². The molecule has 0 aromatic carbocycles. The quantitative estimate of drug-likeness (QED) is 0.722. The van der Waals surface area contributed by atoms with E-state index < -0.39 is 17.5 Å². The summed E-state index contributed by atoms with van der Waals surface area (Å²) in [5.74, 6) is -0.209. The Morgan fingerprint density at radius 3 is 2.48 bits per heavy atom. The van der Waals surface area contributed by atoms with Gasteiger partial charge in [0.25, 0.3) is 0 Å². The van der Waals surface area contributed by atoms with Crippen molar-refractivity contribution in [2.24, 2.45) is 0 Å². The van der Waals surface area contributed by atoms with Crippen LogP contribution in [0.3, 0.4) is 0 Å². The SMILES string of the molecule is Cc1noc(CNC(=O)NC2(C(=O)O)CCCCCC2)n1. The molecule has 1 aromatic heterocycles. The standard InChI is InChI=1S/C13H20N4O4/c1-9-15-10(21-17-9)8-14-12(20)16-13(11(18)19)6-4-2-3-5-7-13/h2-8H2,1H3,(H,18,19)(H2,14,16,20). The van der Waals surface area contributed by atoms with E-state index in [0.717, 1.165) is 25.7 Å². The van der Waals surface area contributed by atoms with Gasteiger partial charge >= 0.3 is 12.0 Å². The van der Waals surface area contributed by atoms with E-state index in [9.17, 15) is 14.7 Å². The maximum atomic E-state index is 11.9. The molecule has 1 saturated carbocycles. The minimum absolute atomic E-state index is 0.0718. The van der Waals surface area contributed by atoms with Crippen molar-refractivity contribution in [1.29, 1.82) is 0 Å². The highest BCUT2D eigenvalue weighted by Gasteiger charge is 2.40. The topological polar surface area (TPSA) is 117 Å². The van der Waals surface area contributed by atoms with Gasteiger partial charge in [-0.05, 0) is 19.8 Å². The van der Waals surface area contributed by atoms with Gasteiger partial charge in [-0.25, -0.2) is 9.59 Å². The van der Waals surface area contributed by atoms with Gasteiger partial charge in [0, 0.05) is 0 Å². The van der Waals surface area contributed by atoms with E-state index in [0.29, 0.717) is 18.7 Å². The molecule has 21 heavy (non-hydrogen) atoms. The van der Waals surface area contributed by atoms with E-state index >= 15 is 0 Å². The Hall–Kier alpha value is -2.12. The van der Waals surface area contributed by atoms with Gasteiger partial charge < -0.3 is 20.3 Å². The molecule has 0 saturated heterocycles. The summed E-state index contributed by atoms with van der Waals surface area (Å²) in [6.07, 6.45) is 4.51. The highest BCUT2D eigenvalue weighted by molar-refractivity contribution is 5.86. The first-order valence-electron chi connectivity index (χ1n) is 7.10. The van der Waals surface area contributed by atoms with E-state index in [1.807, 2.05) is 0 Å². The summed E-state index contributed by atoms with van der Waals surface area (Å²) in [5, 5.41) is 18.2. The predicted octanol–water partition coefficient (Wildman–Crippen LogP) is 1.35. The van der Waals surface area contributed by atoms with E-state index in [4.69, 9.17) is 4.52 Å². The molecule has 1 aromatic rings. The van der Waals surface area contributed by atoms with E-state index in [1.165, 1.54) is 0 Å². The minimum Gasteiger partial charge on any atom is -0.480 e. The summed E-state index contributed by atoms with van der Waals surface area (Å²) in [5.41, 5.74) is -1.18. The normalized spacial score (nSPS) is 17.8. The Bertz CT molecular complexity index is 506. The average Bonchev–Trinajstić information content (AvgIpc) is 2.71. The Kier molecular flexibility index (Phi) is 4.77. The van der Waals surface area contributed by atoms with Gasteiger partial charge in [-0.2, -0.15) is 4.98 Å². The van der Waals surface area contributed by atoms with Crippen LogP contribution in [-0.4, -0.2) is 32.8 Å². The van der Waals surface area contributed by atoms with Crippen molar-refractivity contribution in [1.82, 2.24) is 20.8 Å². The van der Waals surface area contributed by atoms with E-state index in [-0.39, 0.29) is 12.4 Å². The second kappa shape index (κ2) is 6.55. The lowest BCUT2D eigenvalue weighted by Crippen LogP contribution is -2.56. The molecule has 0 unspecified atom stereocenters. The largest absolute Gasteiger partial charge is 0.480 e. The van der Waals surface area contributed by atoms with Gasteiger partial charge in [0.1, 0.15) is 5.54 Å². The minimum atomic E-state index is -1.18. The first-order valence-corrected chi connectivity index (χ1v) is 7.10. The lowest BCUT2D eigenvalue weighted by Gasteiger charge is -2.29. The predicted molar refractivity (Wildman–Crippen MR) is 72.5 cm³/mol. The molecule has 8 heteroatoms. The number of carbonyl (C=O) groups excluding carboxylic acids is 1. The summed E-state index contributed by atoms with van der Waals surface area (Å²) in [7, 11) is 0. The monoisotopic (exact) mass is 296 g/mol. The van der Waals surface area contributed by atoms with Crippen molar-refractivity contribution in [3.63, 3.8) is 0 Å². The van der Waals surface area contributed by atoms with Crippen LogP contribution >= 0.6 is 0 Å². The molecule has 8 nitrogen and oxygen atoms in total. The first-order chi connectivity index (χ1) is 10.0. The second-order valence-corrected chi connectivity index (χ2v) is 5.34. The molecule has 0 radical (unpaired) electrons. The van der Waals surface area contributed by atoms with Gasteiger partial charge in [0.05, 0.1) is 6.54 Å². The number of hydrogen-bond acceptors (Lipinski definition) is 5. The first kappa shape index (κ1) is 15.3. The molecule has 116 valence electrons. The number of carboxylic acids is 1. The number of nitrogens with one attached hydrogen (secondary N) is 2. The van der Waals surface area contributed by atoms with Crippen LogP contribution in [0.1, 0.15) is 50.2 Å². The summed E-state index contributed by atoms with van der Waals surface area (Å²) in [4.78, 5) is 27.5. The summed E-state index contributed by atoms with van der Waals surface area (Å²) in [6.45, 7) is 1.75. The number of hydrogen-bond donors (Lipinski definition) is 3. The van der Waals surface area contributed by atoms with E-state index in [1.54, 1.807) is 6.92 Å². The van der Waals surface area contributed by atoms with Crippen LogP contribution in [0.4, 0.5) is 4.79 Å². The average molecular weight is 296 g/mol. The zero-order valence-electron chi connectivity index (χ0n) is 12.0. The molecule has 1 aliphatic rings. The maximum Gasteiger partial charge on any atom is 0.329 e. The second-order valence-electron chi connectivity index (χ2n) is 5.34. The van der Waals surface area contributed by atoms with Crippen LogP contribution in [0.25, 0.3) is 0 Å². The molecule has 0 bridgehead atoms. The smallest absolute Gasteiger partial charge is 0.329 e. The third-order valence-corrected chi connectivity index (χ3v) is 3.69. The van der Waals surface area contributed by atoms with Gasteiger partial charge in [-0.1, -0.05) is 30.8 Å². The fraction of sp³-hybridized carbons (Fsp3) is 0.692. The Morgan fingerprint density at radius 2 is 1.95 bits per heavy atom. The lowest BCUT2D eigenvalue weighted by atomic mass is 9.90. The summed E-state index contributed by atoms with van der Waals surface area (Å²) in [6, 6.07) is -0.532. The molecule has 2 rings (SSSR count). The number of urea groups is 1. The number of carboxylic acid groups (broad SMARTS) is 1. The molecule has 2 amide bonds. The number of aryl methyl sites for hydroxylation is 1. The van der Waals surface area contributed by atoms with Crippen LogP contribution in [0, 0.1) is 6.92 Å². The Labute approximate surface area is 122 Å². The summed E-state index contributed by atoms with van der Waals surface area (Å²) < 4.78 is 4.88. The summed E-state index contributed by atoms with van der Waals surface area (Å²) >= 11 is 0. The molecule has 1 aliphatic carbocycles. The fourth-order valence-electron chi connectivity index (χ4n) is 2.55. The van der Waals surface area contributed by atoms with Crippen molar-refractivity contribution < 1.29 is 19.2 Å². The highest BCUT2D eigenvalue weighted by Crippen LogP contribution is 2.27. The molecular formula is C13H20N4O4. The maximum absolute atomic E-state index is 11.9. The van der Waals surface area contributed by atoms with Crippen LogP contribution in [0.15, 0.2) is 4.52 Å². The van der Waals surface area contributed by atoms with Crippen molar-refractivity contribution in [3.05, 3.63) is 11.7 Å². The number of aliphatic carboxylic acids is 1. The van der Waals surface area contributed by atoms with Crippen molar-refractivity contribution >= 4 is 12.0 Å².